The first kappa shape index (κ1) is 47.5. The van der Waals surface area contributed by atoms with E-state index < -0.39 is 47.2 Å². The molecule has 0 saturated carbocycles. The first-order valence-corrected chi connectivity index (χ1v) is 17.8. The van der Waals surface area contributed by atoms with Gasteiger partial charge in [0.05, 0.1) is 112 Å². The van der Waals surface area contributed by atoms with Crippen LogP contribution in [0.4, 0.5) is 22.0 Å². The smallest absolute Gasteiger partial charge is 0.313 e. The Balaban J connectivity index is 1.75. The summed E-state index contributed by atoms with van der Waals surface area (Å²) >= 11 is 0. The molecule has 0 aliphatic heterocycles. The van der Waals surface area contributed by atoms with E-state index in [4.69, 9.17) is 42.6 Å². The van der Waals surface area contributed by atoms with Crippen LogP contribution >= 0.6 is 0 Å². The Bertz CT molecular complexity index is 1040. The molecule has 0 saturated heterocycles. The summed E-state index contributed by atoms with van der Waals surface area (Å²) in [4.78, 5) is 23.3. The summed E-state index contributed by atoms with van der Waals surface area (Å²) in [5, 5.41) is 0. The third-order valence-corrected chi connectivity index (χ3v) is 6.92. The minimum Gasteiger partial charge on any atom is -0.463 e. The highest BCUT2D eigenvalue weighted by molar-refractivity contribution is 5.72. The fourth-order valence-corrected chi connectivity index (χ4v) is 4.15. The van der Waals surface area contributed by atoms with Crippen LogP contribution in [0.25, 0.3) is 0 Å². The van der Waals surface area contributed by atoms with Crippen LogP contribution < -0.4 is 4.74 Å². The highest BCUT2D eigenvalue weighted by Gasteiger charge is 2.28. The number of unbranched alkanes of at least 4 members (excludes halogenated alkanes) is 6. The maximum atomic E-state index is 13.5. The number of esters is 2. The zero-order chi connectivity index (χ0) is 38.1. The molecule has 1 aromatic rings. The van der Waals surface area contributed by atoms with Crippen molar-refractivity contribution in [3.8, 4) is 5.75 Å². The molecule has 0 radical (unpaired) electrons. The highest BCUT2D eigenvalue weighted by Crippen LogP contribution is 2.29. The molecule has 0 bridgehead atoms. The number of ether oxygens (including phenoxy) is 10. The lowest BCUT2D eigenvalue weighted by Crippen LogP contribution is -2.16. The highest BCUT2D eigenvalue weighted by atomic mass is 19.2. The number of carbonyl (C=O) groups is 2. The maximum Gasteiger partial charge on any atom is 0.313 e. The normalized spacial score (nSPS) is 11.3. The number of rotatable bonds is 36. The van der Waals surface area contributed by atoms with Crippen LogP contribution in [-0.2, 0) is 52.2 Å². The number of carbonyl (C=O) groups excluding carboxylic acids is 2. The van der Waals surface area contributed by atoms with Crippen LogP contribution in [0, 0.1) is 29.1 Å². The van der Waals surface area contributed by atoms with Gasteiger partial charge in [0, 0.05) is 6.42 Å². The third-order valence-electron chi connectivity index (χ3n) is 6.92. The van der Waals surface area contributed by atoms with Crippen molar-refractivity contribution in [2.75, 3.05) is 112 Å². The number of benzene rings is 1. The van der Waals surface area contributed by atoms with Crippen LogP contribution in [0.2, 0.25) is 0 Å². The Kier molecular flexibility index (Phi) is 30.2. The molecule has 0 fully saturated rings. The van der Waals surface area contributed by atoms with Crippen molar-refractivity contribution < 1.29 is 78.9 Å². The van der Waals surface area contributed by atoms with Gasteiger partial charge in [-0.15, -0.1) is 0 Å². The van der Waals surface area contributed by atoms with Gasteiger partial charge in [-0.1, -0.05) is 45.4 Å². The summed E-state index contributed by atoms with van der Waals surface area (Å²) in [7, 11) is 0. The minimum absolute atomic E-state index is 0.0781. The summed E-state index contributed by atoms with van der Waals surface area (Å²) in [5.41, 5.74) is 0. The van der Waals surface area contributed by atoms with Crippen molar-refractivity contribution in [3.05, 3.63) is 29.1 Å². The Morgan fingerprint density at radius 3 is 1.12 bits per heavy atom. The Hall–Kier alpha value is -2.51. The third kappa shape index (κ3) is 24.7. The van der Waals surface area contributed by atoms with Crippen LogP contribution in [0.1, 0.15) is 64.7 Å². The van der Waals surface area contributed by atoms with E-state index in [0.717, 1.165) is 12.8 Å². The first-order chi connectivity index (χ1) is 25.3. The molecular weight excluding hydrogens is 707 g/mol. The van der Waals surface area contributed by atoms with Gasteiger partial charge in [0.2, 0.25) is 34.8 Å². The van der Waals surface area contributed by atoms with Crippen molar-refractivity contribution in [1.82, 2.24) is 0 Å². The van der Waals surface area contributed by atoms with Crippen molar-refractivity contribution in [1.29, 1.82) is 0 Å². The fraction of sp³-hybridized carbons (Fsp3) is 0.771. The van der Waals surface area contributed by atoms with Gasteiger partial charge in [-0.05, 0) is 6.42 Å². The Morgan fingerprint density at radius 2 is 0.712 bits per heavy atom. The van der Waals surface area contributed by atoms with Crippen molar-refractivity contribution >= 4 is 11.9 Å². The standard InChI is InChI=1S/C35H55F5O12/c1-2-3-4-5-6-7-8-9-28(41)51-27-26-50-25-24-49-23-22-48-21-20-47-19-18-46-17-16-45-15-14-44-13-12-43-11-10-29(42)52-35-33(39)31(37)30(36)32(38)34(35)40/h2-27H2,1H3. The molecule has 52 heavy (non-hydrogen) atoms. The molecule has 1 aromatic carbocycles. The van der Waals surface area contributed by atoms with E-state index in [-0.39, 0.29) is 39.0 Å². The Labute approximate surface area is 302 Å². The van der Waals surface area contributed by atoms with Gasteiger partial charge in [0.1, 0.15) is 6.61 Å². The molecule has 0 unspecified atom stereocenters. The first-order valence-electron chi connectivity index (χ1n) is 17.8. The van der Waals surface area contributed by atoms with Gasteiger partial charge in [0.15, 0.2) is 0 Å². The van der Waals surface area contributed by atoms with Gasteiger partial charge in [0.25, 0.3) is 0 Å². The number of hydrogen-bond acceptors (Lipinski definition) is 12. The molecule has 0 amide bonds. The zero-order valence-corrected chi connectivity index (χ0v) is 30.2. The zero-order valence-electron chi connectivity index (χ0n) is 30.2. The molecule has 0 aliphatic carbocycles. The molecule has 12 nitrogen and oxygen atoms in total. The van der Waals surface area contributed by atoms with E-state index >= 15 is 0 Å². The van der Waals surface area contributed by atoms with E-state index in [0.29, 0.717) is 85.7 Å². The molecule has 0 spiro atoms. The van der Waals surface area contributed by atoms with Gasteiger partial charge in [-0.2, -0.15) is 8.78 Å². The molecule has 0 aliphatic rings. The topological polar surface area (TPSA) is 126 Å². The predicted octanol–water partition coefficient (Wildman–Crippen LogP) is 5.49. The van der Waals surface area contributed by atoms with Crippen LogP contribution in [-0.4, -0.2) is 124 Å². The summed E-state index contributed by atoms with van der Waals surface area (Å²) in [5.74, 6) is -14.3. The molecular formula is C35H55F5O12. The van der Waals surface area contributed by atoms with Gasteiger partial charge >= 0.3 is 11.9 Å². The molecule has 0 heterocycles. The summed E-state index contributed by atoms with van der Waals surface area (Å²) in [6.07, 6.45) is 8.11. The van der Waals surface area contributed by atoms with Gasteiger partial charge in [-0.25, -0.2) is 13.2 Å². The van der Waals surface area contributed by atoms with E-state index in [2.05, 4.69) is 11.7 Å². The van der Waals surface area contributed by atoms with E-state index in [1.807, 2.05) is 0 Å². The van der Waals surface area contributed by atoms with Crippen molar-refractivity contribution in [2.45, 2.75) is 64.7 Å². The van der Waals surface area contributed by atoms with Crippen LogP contribution in [0.15, 0.2) is 0 Å². The second-order valence-electron chi connectivity index (χ2n) is 11.1. The lowest BCUT2D eigenvalue weighted by Gasteiger charge is -2.09. The lowest BCUT2D eigenvalue weighted by atomic mass is 10.1. The van der Waals surface area contributed by atoms with Crippen molar-refractivity contribution in [3.63, 3.8) is 0 Å². The average molecular weight is 763 g/mol. The molecule has 0 N–H and O–H groups in total. The number of halogens is 5. The summed E-state index contributed by atoms with van der Waals surface area (Å²) in [6.45, 7) is 7.46. The second-order valence-corrected chi connectivity index (χ2v) is 11.1. The molecule has 302 valence electrons. The SMILES string of the molecule is CCCCCCCCCC(=O)OCCOCCOCCOCCOCCOCCOCCOCCOCCC(=O)Oc1c(F)c(F)c(F)c(F)c1F. The molecule has 17 heteroatoms. The second kappa shape index (κ2) is 33.1. The molecule has 0 atom stereocenters. The largest absolute Gasteiger partial charge is 0.463 e. The maximum absolute atomic E-state index is 13.5. The summed E-state index contributed by atoms with van der Waals surface area (Å²) in [6, 6.07) is 0. The van der Waals surface area contributed by atoms with E-state index in [9.17, 15) is 31.5 Å². The molecule has 1 rings (SSSR count). The average Bonchev–Trinajstić information content (AvgIpc) is 3.14. The van der Waals surface area contributed by atoms with E-state index in [1.165, 1.54) is 32.1 Å². The quantitative estimate of drug-likeness (QED) is 0.0214. The van der Waals surface area contributed by atoms with E-state index in [1.54, 1.807) is 0 Å². The number of hydrogen-bond donors (Lipinski definition) is 0. The van der Waals surface area contributed by atoms with Gasteiger partial charge < -0.3 is 47.4 Å². The molecule has 0 aromatic heterocycles. The summed E-state index contributed by atoms with van der Waals surface area (Å²) < 4.78 is 119. The lowest BCUT2D eigenvalue weighted by molar-refractivity contribution is -0.145. The van der Waals surface area contributed by atoms with Crippen LogP contribution in [0.3, 0.4) is 0 Å². The predicted molar refractivity (Wildman–Crippen MR) is 177 cm³/mol. The van der Waals surface area contributed by atoms with Crippen LogP contribution in [0.5, 0.6) is 5.75 Å². The minimum atomic E-state index is -2.35. The Morgan fingerprint density at radius 1 is 0.385 bits per heavy atom. The fourth-order valence-electron chi connectivity index (χ4n) is 4.15. The monoisotopic (exact) mass is 762 g/mol. The van der Waals surface area contributed by atoms with Crippen molar-refractivity contribution in [2.24, 2.45) is 0 Å². The van der Waals surface area contributed by atoms with Gasteiger partial charge in [-0.3, -0.25) is 9.59 Å².